The van der Waals surface area contributed by atoms with E-state index in [1.165, 1.54) is 29.0 Å². The molecule has 2 aromatic rings. The Morgan fingerprint density at radius 2 is 2.19 bits per heavy atom. The highest BCUT2D eigenvalue weighted by molar-refractivity contribution is 7.99. The largest absolute Gasteiger partial charge is 0.309 e. The Morgan fingerprint density at radius 3 is 2.90 bits per heavy atom. The molecule has 1 aromatic carbocycles. The van der Waals surface area contributed by atoms with E-state index in [0.717, 1.165) is 12.2 Å². The Balaban J connectivity index is 1.86. The number of hydrogen-bond acceptors (Lipinski definition) is 3. The highest BCUT2D eigenvalue weighted by atomic mass is 32.2. The van der Waals surface area contributed by atoms with Gasteiger partial charge in [-0.05, 0) is 43.5 Å². The molecule has 0 spiro atoms. The van der Waals surface area contributed by atoms with Gasteiger partial charge in [0.15, 0.2) is 0 Å². The van der Waals surface area contributed by atoms with E-state index >= 15 is 0 Å². The Bertz CT molecular complexity index is 620. The summed E-state index contributed by atoms with van der Waals surface area (Å²) in [7, 11) is 2.04. The Morgan fingerprint density at radius 1 is 1.38 bits per heavy atom. The van der Waals surface area contributed by atoms with Crippen LogP contribution >= 0.6 is 11.8 Å². The number of nitrogens with zero attached hydrogens (tertiary/aromatic N) is 2. The molecule has 1 aliphatic rings. The summed E-state index contributed by atoms with van der Waals surface area (Å²) in [5, 5.41) is 9.98. The summed E-state index contributed by atoms with van der Waals surface area (Å²) < 4.78 is 2.00. The van der Waals surface area contributed by atoms with Crippen molar-refractivity contribution in [1.29, 1.82) is 0 Å². The first-order valence-corrected chi connectivity index (χ1v) is 8.55. The van der Waals surface area contributed by atoms with E-state index in [-0.39, 0.29) is 0 Å². The third-order valence-electron chi connectivity index (χ3n) is 4.12. The molecule has 0 saturated carbocycles. The molecule has 21 heavy (non-hydrogen) atoms. The van der Waals surface area contributed by atoms with E-state index in [4.69, 9.17) is 0 Å². The zero-order valence-corrected chi connectivity index (χ0v) is 13.8. The van der Waals surface area contributed by atoms with Gasteiger partial charge in [0.2, 0.25) is 0 Å². The number of fused-ring (bicyclic) bond motifs is 1. The number of benzene rings is 1. The average Bonchev–Trinajstić information content (AvgIpc) is 2.79. The molecule has 3 nitrogen and oxygen atoms in total. The number of nitrogens with one attached hydrogen (secondary N) is 1. The zero-order chi connectivity index (χ0) is 14.8. The fraction of sp³-hybridized carbons (Fsp3) is 0.471. The lowest BCUT2D eigenvalue weighted by atomic mass is 9.87. The molecular weight excluding hydrogens is 278 g/mol. The molecule has 0 amide bonds. The third-order valence-corrected chi connectivity index (χ3v) is 5.55. The molecule has 2 unspecified atom stereocenters. The van der Waals surface area contributed by atoms with Crippen LogP contribution in [0.5, 0.6) is 0 Å². The van der Waals surface area contributed by atoms with Crippen LogP contribution in [0.2, 0.25) is 0 Å². The fourth-order valence-corrected chi connectivity index (χ4v) is 4.53. The second kappa shape index (κ2) is 6.24. The van der Waals surface area contributed by atoms with Gasteiger partial charge in [-0.25, -0.2) is 0 Å². The quantitative estimate of drug-likeness (QED) is 0.937. The molecule has 0 fully saturated rings. The molecule has 0 bridgehead atoms. The van der Waals surface area contributed by atoms with E-state index in [2.05, 4.69) is 54.6 Å². The van der Waals surface area contributed by atoms with Crippen molar-refractivity contribution in [3.63, 3.8) is 0 Å². The molecule has 1 N–H and O–H groups in total. The van der Waals surface area contributed by atoms with Crippen molar-refractivity contribution in [2.45, 2.75) is 43.0 Å². The minimum atomic E-state index is 0.431. The van der Waals surface area contributed by atoms with Gasteiger partial charge in [0.25, 0.3) is 0 Å². The van der Waals surface area contributed by atoms with Crippen molar-refractivity contribution in [2.24, 2.45) is 7.05 Å². The first kappa shape index (κ1) is 14.7. The SMILES string of the molecule is CCNC1c2ccccc2CCC1Sc1cc(C)nn1C. The molecule has 1 aromatic heterocycles. The van der Waals surface area contributed by atoms with Crippen molar-refractivity contribution < 1.29 is 0 Å². The normalized spacial score (nSPS) is 21.3. The van der Waals surface area contributed by atoms with Crippen LogP contribution in [0.25, 0.3) is 0 Å². The molecule has 0 aliphatic heterocycles. The fourth-order valence-electron chi connectivity index (χ4n) is 3.17. The maximum atomic E-state index is 4.47. The first-order chi connectivity index (χ1) is 10.2. The summed E-state index contributed by atoms with van der Waals surface area (Å²) >= 11 is 1.96. The lowest BCUT2D eigenvalue weighted by molar-refractivity contribution is 0.483. The molecule has 2 atom stereocenters. The molecular formula is C17H23N3S. The van der Waals surface area contributed by atoms with Crippen LogP contribution in [0.15, 0.2) is 35.4 Å². The predicted octanol–water partition coefficient (Wildman–Crippen LogP) is 3.49. The summed E-state index contributed by atoms with van der Waals surface area (Å²) in [6.45, 7) is 5.25. The van der Waals surface area contributed by atoms with E-state index in [1.807, 2.05) is 23.5 Å². The van der Waals surface area contributed by atoms with Gasteiger partial charge in [-0.2, -0.15) is 5.10 Å². The second-order valence-electron chi connectivity index (χ2n) is 5.68. The van der Waals surface area contributed by atoms with Gasteiger partial charge in [-0.1, -0.05) is 31.2 Å². The van der Waals surface area contributed by atoms with Crippen LogP contribution in [-0.2, 0) is 13.5 Å². The Hall–Kier alpha value is -1.26. The van der Waals surface area contributed by atoms with Crippen LogP contribution in [0, 0.1) is 6.92 Å². The van der Waals surface area contributed by atoms with E-state index in [0.29, 0.717) is 11.3 Å². The van der Waals surface area contributed by atoms with Gasteiger partial charge >= 0.3 is 0 Å². The van der Waals surface area contributed by atoms with Crippen LogP contribution in [0.3, 0.4) is 0 Å². The molecule has 1 heterocycles. The number of aryl methyl sites for hydroxylation is 3. The number of rotatable bonds is 4. The minimum absolute atomic E-state index is 0.431. The van der Waals surface area contributed by atoms with E-state index in [9.17, 15) is 0 Å². The van der Waals surface area contributed by atoms with Gasteiger partial charge in [-0.15, -0.1) is 11.8 Å². The Labute approximate surface area is 131 Å². The molecule has 112 valence electrons. The standard InChI is InChI=1S/C17H23N3S/c1-4-18-17-14-8-6-5-7-13(14)9-10-15(17)21-16-11-12(2)19-20(16)3/h5-8,11,15,17-18H,4,9-10H2,1-3H3. The lowest BCUT2D eigenvalue weighted by Gasteiger charge is -2.33. The summed E-state index contributed by atoms with van der Waals surface area (Å²) in [5.41, 5.74) is 4.07. The zero-order valence-electron chi connectivity index (χ0n) is 13.0. The van der Waals surface area contributed by atoms with E-state index < -0.39 is 0 Å². The highest BCUT2D eigenvalue weighted by Crippen LogP contribution is 2.40. The van der Waals surface area contributed by atoms with Gasteiger partial charge in [0.05, 0.1) is 10.7 Å². The monoisotopic (exact) mass is 301 g/mol. The average molecular weight is 301 g/mol. The highest BCUT2D eigenvalue weighted by Gasteiger charge is 2.30. The molecule has 3 rings (SSSR count). The first-order valence-electron chi connectivity index (χ1n) is 7.67. The van der Waals surface area contributed by atoms with Crippen LogP contribution < -0.4 is 5.32 Å². The van der Waals surface area contributed by atoms with Gasteiger partial charge < -0.3 is 5.32 Å². The van der Waals surface area contributed by atoms with Crippen molar-refractivity contribution in [3.8, 4) is 0 Å². The third kappa shape index (κ3) is 3.01. The number of hydrogen-bond donors (Lipinski definition) is 1. The van der Waals surface area contributed by atoms with Crippen molar-refractivity contribution in [2.75, 3.05) is 6.54 Å². The molecule has 0 saturated heterocycles. The summed E-state index contributed by atoms with van der Waals surface area (Å²) in [5.74, 6) is 0. The Kier molecular flexibility index (Phi) is 4.36. The van der Waals surface area contributed by atoms with Crippen molar-refractivity contribution >= 4 is 11.8 Å². The van der Waals surface area contributed by atoms with Crippen LogP contribution in [-0.4, -0.2) is 21.6 Å². The predicted molar refractivity (Wildman–Crippen MR) is 88.8 cm³/mol. The lowest BCUT2D eigenvalue weighted by Crippen LogP contribution is -2.34. The van der Waals surface area contributed by atoms with Crippen LogP contribution in [0.1, 0.15) is 36.2 Å². The maximum absolute atomic E-state index is 4.47. The smallest absolute Gasteiger partial charge is 0.0942 e. The minimum Gasteiger partial charge on any atom is -0.309 e. The van der Waals surface area contributed by atoms with Crippen LogP contribution in [0.4, 0.5) is 0 Å². The molecule has 1 aliphatic carbocycles. The van der Waals surface area contributed by atoms with Crippen molar-refractivity contribution in [1.82, 2.24) is 15.1 Å². The second-order valence-corrected chi connectivity index (χ2v) is 6.94. The van der Waals surface area contributed by atoms with Gasteiger partial charge in [-0.3, -0.25) is 4.68 Å². The number of thioether (sulfide) groups is 1. The summed E-state index contributed by atoms with van der Waals surface area (Å²) in [6, 6.07) is 11.5. The van der Waals surface area contributed by atoms with Crippen molar-refractivity contribution in [3.05, 3.63) is 47.2 Å². The number of aromatic nitrogens is 2. The molecule has 0 radical (unpaired) electrons. The maximum Gasteiger partial charge on any atom is 0.0942 e. The van der Waals surface area contributed by atoms with Gasteiger partial charge in [0, 0.05) is 18.3 Å². The topological polar surface area (TPSA) is 29.9 Å². The summed E-state index contributed by atoms with van der Waals surface area (Å²) in [4.78, 5) is 0. The van der Waals surface area contributed by atoms with E-state index in [1.54, 1.807) is 0 Å². The summed E-state index contributed by atoms with van der Waals surface area (Å²) in [6.07, 6.45) is 2.39. The molecule has 4 heteroatoms. The van der Waals surface area contributed by atoms with Gasteiger partial charge in [0.1, 0.15) is 0 Å².